The van der Waals surface area contributed by atoms with Crippen LogP contribution in [-0.2, 0) is 14.3 Å². The second kappa shape index (κ2) is 2.38. The van der Waals surface area contributed by atoms with Crippen LogP contribution in [0.25, 0.3) is 0 Å². The summed E-state index contributed by atoms with van der Waals surface area (Å²) < 4.78 is 4.50. The molecule has 0 saturated carbocycles. The number of carbonyl (C=O) groups excluding carboxylic acids is 2. The number of rotatable bonds is 0. The molecule has 54 valence electrons. The number of nitrogens with one attached hydrogen (secondary N) is 1. The van der Waals surface area contributed by atoms with Crippen LogP contribution in [0.15, 0.2) is 12.0 Å². The zero-order chi connectivity index (χ0) is 7.56. The normalized spacial score (nSPS) is 22.2. The Hall–Kier alpha value is -1.52. The first-order chi connectivity index (χ1) is 4.74. The molecule has 0 aromatic rings. The summed E-state index contributed by atoms with van der Waals surface area (Å²) in [6.45, 7) is -0.224. The number of morpholine rings is 1. The summed E-state index contributed by atoms with van der Waals surface area (Å²) in [6, 6.07) is 0. The average molecular weight is 143 g/mol. The number of aliphatic hydroxyl groups excluding tert-OH is 1. The summed E-state index contributed by atoms with van der Waals surface area (Å²) in [5, 5.41) is 10.2. The van der Waals surface area contributed by atoms with Crippen LogP contribution in [0, 0.1) is 0 Å². The Morgan fingerprint density at radius 1 is 1.60 bits per heavy atom. The van der Waals surface area contributed by atoms with Crippen molar-refractivity contribution in [2.24, 2.45) is 0 Å². The molecular formula is C5H5NO4. The van der Waals surface area contributed by atoms with Crippen LogP contribution in [0.1, 0.15) is 0 Å². The monoisotopic (exact) mass is 143 g/mol. The molecule has 5 heteroatoms. The zero-order valence-corrected chi connectivity index (χ0v) is 4.96. The Morgan fingerprint density at radius 2 is 2.30 bits per heavy atom. The topological polar surface area (TPSA) is 75.6 Å². The Morgan fingerprint density at radius 3 is 2.80 bits per heavy atom. The van der Waals surface area contributed by atoms with Crippen LogP contribution in [0.2, 0.25) is 0 Å². The van der Waals surface area contributed by atoms with Crippen molar-refractivity contribution >= 4 is 11.8 Å². The molecule has 0 aromatic carbocycles. The molecule has 1 aliphatic rings. The van der Waals surface area contributed by atoms with Crippen LogP contribution in [0.5, 0.6) is 0 Å². The highest BCUT2D eigenvalue weighted by Crippen LogP contribution is 2.00. The predicted molar refractivity (Wildman–Crippen MR) is 29.8 cm³/mol. The number of ether oxygens (including phenoxy) is 1. The number of imide groups is 1. The lowest BCUT2D eigenvalue weighted by Crippen LogP contribution is -2.40. The van der Waals surface area contributed by atoms with E-state index in [1.54, 1.807) is 0 Å². The SMILES string of the molecule is O=C1CO/C(=C/O)C(=O)N1. The number of carbonyl (C=O) groups is 2. The van der Waals surface area contributed by atoms with Crippen LogP contribution in [-0.4, -0.2) is 23.5 Å². The minimum absolute atomic E-state index is 0.224. The summed E-state index contributed by atoms with van der Waals surface area (Å²) in [7, 11) is 0. The zero-order valence-electron chi connectivity index (χ0n) is 4.96. The number of aliphatic hydroxyl groups is 1. The minimum atomic E-state index is -0.709. The maximum absolute atomic E-state index is 10.6. The van der Waals surface area contributed by atoms with Gasteiger partial charge in [-0.1, -0.05) is 0 Å². The van der Waals surface area contributed by atoms with Gasteiger partial charge in [-0.2, -0.15) is 0 Å². The van der Waals surface area contributed by atoms with Crippen LogP contribution in [0.4, 0.5) is 0 Å². The highest BCUT2D eigenvalue weighted by atomic mass is 16.5. The molecule has 0 aliphatic carbocycles. The van der Waals surface area contributed by atoms with E-state index < -0.39 is 11.8 Å². The summed E-state index contributed by atoms with van der Waals surface area (Å²) in [4.78, 5) is 20.9. The summed E-state index contributed by atoms with van der Waals surface area (Å²) >= 11 is 0. The third kappa shape index (κ3) is 1.07. The Kier molecular flexibility index (Phi) is 1.57. The molecule has 10 heavy (non-hydrogen) atoms. The van der Waals surface area contributed by atoms with Crippen molar-refractivity contribution < 1.29 is 19.4 Å². The molecule has 0 radical (unpaired) electrons. The lowest BCUT2D eigenvalue weighted by Gasteiger charge is -2.13. The first kappa shape index (κ1) is 6.60. The maximum Gasteiger partial charge on any atom is 0.296 e. The molecule has 0 aromatic heterocycles. The minimum Gasteiger partial charge on any atom is -0.512 e. The first-order valence-corrected chi connectivity index (χ1v) is 2.55. The Labute approximate surface area is 56.3 Å². The molecular weight excluding hydrogens is 138 g/mol. The van der Waals surface area contributed by atoms with Crippen LogP contribution < -0.4 is 5.32 Å². The molecule has 5 nitrogen and oxygen atoms in total. The van der Waals surface area contributed by atoms with E-state index in [1.807, 2.05) is 5.32 Å². The van der Waals surface area contributed by atoms with Crippen molar-refractivity contribution in [2.75, 3.05) is 6.61 Å². The van der Waals surface area contributed by atoms with Gasteiger partial charge in [0.1, 0.15) is 6.26 Å². The highest BCUT2D eigenvalue weighted by Gasteiger charge is 2.21. The van der Waals surface area contributed by atoms with E-state index in [2.05, 4.69) is 4.74 Å². The average Bonchev–Trinajstić information content (AvgIpc) is 1.88. The van der Waals surface area contributed by atoms with Gasteiger partial charge in [-0.05, 0) is 0 Å². The van der Waals surface area contributed by atoms with E-state index in [0.717, 1.165) is 0 Å². The first-order valence-electron chi connectivity index (χ1n) is 2.55. The van der Waals surface area contributed by atoms with E-state index in [9.17, 15) is 9.59 Å². The highest BCUT2D eigenvalue weighted by molar-refractivity contribution is 6.05. The standard InChI is InChI=1S/C5H5NO4/c7-1-3-5(9)6-4(8)2-10-3/h1,7H,2H2,(H,6,8,9)/b3-1+. The van der Waals surface area contributed by atoms with Crippen molar-refractivity contribution in [1.29, 1.82) is 0 Å². The lowest BCUT2D eigenvalue weighted by atomic mass is 10.4. The van der Waals surface area contributed by atoms with Gasteiger partial charge in [-0.15, -0.1) is 0 Å². The molecule has 0 unspecified atom stereocenters. The molecule has 1 fully saturated rings. The molecule has 2 amide bonds. The third-order valence-corrected chi connectivity index (χ3v) is 0.953. The van der Waals surface area contributed by atoms with E-state index in [1.165, 1.54) is 0 Å². The molecule has 0 spiro atoms. The van der Waals surface area contributed by atoms with Gasteiger partial charge >= 0.3 is 0 Å². The van der Waals surface area contributed by atoms with Crippen LogP contribution in [0.3, 0.4) is 0 Å². The van der Waals surface area contributed by atoms with Gasteiger partial charge in [0.15, 0.2) is 6.61 Å². The van der Waals surface area contributed by atoms with Crippen molar-refractivity contribution in [2.45, 2.75) is 0 Å². The van der Waals surface area contributed by atoms with Crippen molar-refractivity contribution in [3.8, 4) is 0 Å². The van der Waals surface area contributed by atoms with E-state index in [-0.39, 0.29) is 12.4 Å². The largest absolute Gasteiger partial charge is 0.512 e. The third-order valence-electron chi connectivity index (χ3n) is 0.953. The Balaban J connectivity index is 2.69. The summed E-state index contributed by atoms with van der Waals surface area (Å²) in [6.07, 6.45) is 0.516. The maximum atomic E-state index is 10.6. The quantitative estimate of drug-likeness (QED) is 0.260. The second-order valence-electron chi connectivity index (χ2n) is 1.66. The van der Waals surface area contributed by atoms with Crippen molar-refractivity contribution in [3.05, 3.63) is 12.0 Å². The van der Waals surface area contributed by atoms with E-state index in [4.69, 9.17) is 5.11 Å². The Bertz CT molecular complexity index is 208. The molecule has 1 aliphatic heterocycles. The predicted octanol–water partition coefficient (Wildman–Crippen LogP) is -0.941. The molecule has 0 bridgehead atoms. The van der Waals surface area contributed by atoms with Gasteiger partial charge in [0.05, 0.1) is 0 Å². The van der Waals surface area contributed by atoms with Crippen molar-refractivity contribution in [1.82, 2.24) is 5.32 Å². The fourth-order valence-corrected chi connectivity index (χ4v) is 0.529. The molecule has 1 saturated heterocycles. The van der Waals surface area contributed by atoms with Gasteiger partial charge in [0.25, 0.3) is 11.8 Å². The van der Waals surface area contributed by atoms with E-state index >= 15 is 0 Å². The van der Waals surface area contributed by atoms with Crippen molar-refractivity contribution in [3.63, 3.8) is 0 Å². The number of hydrogen-bond donors (Lipinski definition) is 2. The summed E-state index contributed by atoms with van der Waals surface area (Å²) in [5.74, 6) is -1.45. The van der Waals surface area contributed by atoms with Gasteiger partial charge in [-0.3, -0.25) is 14.9 Å². The fourth-order valence-electron chi connectivity index (χ4n) is 0.529. The number of hydrogen-bond acceptors (Lipinski definition) is 4. The van der Waals surface area contributed by atoms with Gasteiger partial charge < -0.3 is 9.84 Å². The van der Waals surface area contributed by atoms with Crippen LogP contribution >= 0.6 is 0 Å². The van der Waals surface area contributed by atoms with Gasteiger partial charge in [-0.25, -0.2) is 0 Å². The molecule has 1 heterocycles. The molecule has 2 N–H and O–H groups in total. The summed E-state index contributed by atoms with van der Waals surface area (Å²) in [5.41, 5.74) is 0. The smallest absolute Gasteiger partial charge is 0.296 e. The van der Waals surface area contributed by atoms with Gasteiger partial charge in [0.2, 0.25) is 5.76 Å². The number of amides is 2. The van der Waals surface area contributed by atoms with E-state index in [0.29, 0.717) is 6.26 Å². The fraction of sp³-hybridized carbons (Fsp3) is 0.200. The lowest BCUT2D eigenvalue weighted by molar-refractivity contribution is -0.137. The molecule has 1 rings (SSSR count). The second-order valence-corrected chi connectivity index (χ2v) is 1.66. The molecule has 0 atom stereocenters. The van der Waals surface area contributed by atoms with Gasteiger partial charge in [0, 0.05) is 0 Å².